The predicted octanol–water partition coefficient (Wildman–Crippen LogP) is 2.95. The second-order valence-electron chi connectivity index (χ2n) is 3.73. The van der Waals surface area contributed by atoms with Crippen LogP contribution in [0.4, 0.5) is 0 Å². The third-order valence-electron chi connectivity index (χ3n) is 2.61. The molecule has 0 bridgehead atoms. The van der Waals surface area contributed by atoms with E-state index in [0.29, 0.717) is 17.1 Å². The van der Waals surface area contributed by atoms with Crippen LogP contribution in [0.5, 0.6) is 0 Å². The van der Waals surface area contributed by atoms with Crippen molar-refractivity contribution >= 4 is 21.9 Å². The van der Waals surface area contributed by atoms with Crippen LogP contribution in [0.15, 0.2) is 28.9 Å². The van der Waals surface area contributed by atoms with E-state index in [-0.39, 0.29) is 0 Å². The Morgan fingerprint density at radius 3 is 2.71 bits per heavy atom. The Morgan fingerprint density at radius 2 is 2.18 bits per heavy atom. The largest absolute Gasteiger partial charge is 0.478 e. The van der Waals surface area contributed by atoms with Gasteiger partial charge in [-0.15, -0.1) is 0 Å². The minimum Gasteiger partial charge on any atom is -0.478 e. The third kappa shape index (κ3) is 1.98. The number of aromatic carboxylic acids is 1. The molecule has 2 aromatic heterocycles. The molecule has 0 aliphatic rings. The van der Waals surface area contributed by atoms with Gasteiger partial charge in [0.15, 0.2) is 5.82 Å². The summed E-state index contributed by atoms with van der Waals surface area (Å²) in [7, 11) is 0. The summed E-state index contributed by atoms with van der Waals surface area (Å²) in [4.78, 5) is 15.3. The van der Waals surface area contributed by atoms with Gasteiger partial charge in [0.2, 0.25) is 0 Å². The Balaban J connectivity index is 2.69. The van der Waals surface area contributed by atoms with Crippen LogP contribution in [0.1, 0.15) is 21.7 Å². The highest BCUT2D eigenvalue weighted by Crippen LogP contribution is 2.24. The topological polar surface area (TPSA) is 55.1 Å². The van der Waals surface area contributed by atoms with E-state index in [4.69, 9.17) is 5.11 Å². The number of aryl methyl sites for hydroxylation is 1. The molecule has 1 N–H and O–H groups in total. The van der Waals surface area contributed by atoms with Crippen molar-refractivity contribution in [2.75, 3.05) is 0 Å². The van der Waals surface area contributed by atoms with Crippen LogP contribution in [0, 0.1) is 13.8 Å². The first-order chi connectivity index (χ1) is 8.02. The fourth-order valence-corrected chi connectivity index (χ4v) is 2.28. The van der Waals surface area contributed by atoms with Crippen molar-refractivity contribution < 1.29 is 9.90 Å². The average Bonchev–Trinajstić information content (AvgIpc) is 2.56. The Labute approximate surface area is 107 Å². The number of carboxylic acids is 1. The molecular formula is C12H11BrN2O2. The van der Waals surface area contributed by atoms with Crippen LogP contribution in [-0.2, 0) is 0 Å². The summed E-state index contributed by atoms with van der Waals surface area (Å²) in [6, 6.07) is 5.35. The van der Waals surface area contributed by atoms with Gasteiger partial charge in [0.25, 0.3) is 0 Å². The molecule has 0 atom stereocenters. The predicted molar refractivity (Wildman–Crippen MR) is 67.7 cm³/mol. The van der Waals surface area contributed by atoms with Gasteiger partial charge in [0, 0.05) is 17.6 Å². The van der Waals surface area contributed by atoms with Crippen LogP contribution < -0.4 is 0 Å². The molecule has 0 unspecified atom stereocenters. The number of hydrogen-bond acceptors (Lipinski definition) is 2. The highest BCUT2D eigenvalue weighted by atomic mass is 79.9. The zero-order valence-corrected chi connectivity index (χ0v) is 11.0. The van der Waals surface area contributed by atoms with Crippen molar-refractivity contribution in [3.05, 3.63) is 45.8 Å². The Bertz CT molecular complexity index is 590. The summed E-state index contributed by atoms with van der Waals surface area (Å²) in [5.41, 5.74) is 1.83. The molecule has 0 aliphatic carbocycles. The van der Waals surface area contributed by atoms with Gasteiger partial charge in [-0.1, -0.05) is 0 Å². The lowest BCUT2D eigenvalue weighted by Crippen LogP contribution is -2.04. The molecule has 4 nitrogen and oxygen atoms in total. The summed E-state index contributed by atoms with van der Waals surface area (Å²) < 4.78 is 2.66. The Hall–Kier alpha value is -1.62. The standard InChI is InChI=1S/C12H11BrN2O2/c1-7-6-9(12(16)17)8(2)15(7)11-10(13)4-3-5-14-11/h3-6H,1-2H3,(H,16,17). The zero-order chi connectivity index (χ0) is 12.6. The summed E-state index contributed by atoms with van der Waals surface area (Å²) in [6.07, 6.45) is 1.68. The third-order valence-corrected chi connectivity index (χ3v) is 3.23. The molecule has 0 spiro atoms. The maximum absolute atomic E-state index is 11.1. The fraction of sp³-hybridized carbons (Fsp3) is 0.167. The SMILES string of the molecule is Cc1cc(C(=O)O)c(C)n1-c1ncccc1Br. The first-order valence-electron chi connectivity index (χ1n) is 5.05. The second-order valence-corrected chi connectivity index (χ2v) is 4.59. The average molecular weight is 295 g/mol. The van der Waals surface area contributed by atoms with Crippen molar-refractivity contribution in [2.45, 2.75) is 13.8 Å². The molecular weight excluding hydrogens is 284 g/mol. The van der Waals surface area contributed by atoms with Crippen LogP contribution in [-0.4, -0.2) is 20.6 Å². The van der Waals surface area contributed by atoms with E-state index in [2.05, 4.69) is 20.9 Å². The number of halogens is 1. The second kappa shape index (κ2) is 4.33. The van der Waals surface area contributed by atoms with E-state index in [1.54, 1.807) is 19.2 Å². The van der Waals surface area contributed by atoms with Gasteiger partial charge in [-0.3, -0.25) is 0 Å². The van der Waals surface area contributed by atoms with Crippen molar-refractivity contribution in [2.24, 2.45) is 0 Å². The van der Waals surface area contributed by atoms with Gasteiger partial charge < -0.3 is 9.67 Å². The molecule has 5 heteroatoms. The molecule has 0 saturated carbocycles. The first kappa shape index (κ1) is 11.9. The Morgan fingerprint density at radius 1 is 1.47 bits per heavy atom. The highest BCUT2D eigenvalue weighted by Gasteiger charge is 2.17. The van der Waals surface area contributed by atoms with Crippen LogP contribution in [0.2, 0.25) is 0 Å². The van der Waals surface area contributed by atoms with Crippen molar-refractivity contribution in [3.63, 3.8) is 0 Å². The van der Waals surface area contributed by atoms with Gasteiger partial charge in [-0.25, -0.2) is 9.78 Å². The number of carboxylic acid groups (broad SMARTS) is 1. The number of hydrogen-bond donors (Lipinski definition) is 1. The fourth-order valence-electron chi connectivity index (χ4n) is 1.85. The zero-order valence-electron chi connectivity index (χ0n) is 9.44. The van der Waals surface area contributed by atoms with Crippen molar-refractivity contribution in [1.29, 1.82) is 0 Å². The minimum atomic E-state index is -0.920. The number of pyridine rings is 1. The molecule has 0 fully saturated rings. The Kier molecular flexibility index (Phi) is 3.02. The van der Waals surface area contributed by atoms with E-state index in [1.165, 1.54) is 0 Å². The van der Waals surface area contributed by atoms with E-state index in [1.807, 2.05) is 23.6 Å². The molecule has 0 radical (unpaired) electrons. The van der Waals surface area contributed by atoms with Gasteiger partial charge in [0.1, 0.15) is 0 Å². The molecule has 2 heterocycles. The minimum absolute atomic E-state index is 0.306. The first-order valence-corrected chi connectivity index (χ1v) is 5.85. The lowest BCUT2D eigenvalue weighted by atomic mass is 10.2. The van der Waals surface area contributed by atoms with E-state index in [0.717, 1.165) is 10.2 Å². The van der Waals surface area contributed by atoms with Gasteiger partial charge in [0.05, 0.1) is 10.0 Å². The number of carbonyl (C=O) groups is 1. The monoisotopic (exact) mass is 294 g/mol. The van der Waals surface area contributed by atoms with Crippen LogP contribution >= 0.6 is 15.9 Å². The van der Waals surface area contributed by atoms with Crippen LogP contribution in [0.25, 0.3) is 5.82 Å². The molecule has 2 aromatic rings. The van der Waals surface area contributed by atoms with E-state index in [9.17, 15) is 4.79 Å². The summed E-state index contributed by atoms with van der Waals surface area (Å²) in [5.74, 6) is -0.216. The smallest absolute Gasteiger partial charge is 0.337 e. The molecule has 2 rings (SSSR count). The quantitative estimate of drug-likeness (QED) is 0.926. The van der Waals surface area contributed by atoms with Gasteiger partial charge >= 0.3 is 5.97 Å². The molecule has 0 saturated heterocycles. The van der Waals surface area contributed by atoms with Crippen molar-refractivity contribution in [3.8, 4) is 5.82 Å². The van der Waals surface area contributed by atoms with E-state index < -0.39 is 5.97 Å². The number of nitrogens with zero attached hydrogens (tertiary/aromatic N) is 2. The summed E-state index contributed by atoms with van der Waals surface area (Å²) in [6.45, 7) is 3.64. The van der Waals surface area contributed by atoms with Crippen molar-refractivity contribution in [1.82, 2.24) is 9.55 Å². The molecule has 88 valence electrons. The lowest BCUT2D eigenvalue weighted by molar-refractivity contribution is 0.0696. The highest BCUT2D eigenvalue weighted by molar-refractivity contribution is 9.10. The maximum Gasteiger partial charge on any atom is 0.337 e. The van der Waals surface area contributed by atoms with Crippen LogP contribution in [0.3, 0.4) is 0 Å². The normalized spacial score (nSPS) is 10.5. The number of rotatable bonds is 2. The maximum atomic E-state index is 11.1. The van der Waals surface area contributed by atoms with Gasteiger partial charge in [-0.05, 0) is 48.0 Å². The molecule has 17 heavy (non-hydrogen) atoms. The molecule has 0 aliphatic heterocycles. The number of aromatic nitrogens is 2. The molecule has 0 amide bonds. The van der Waals surface area contributed by atoms with Gasteiger partial charge in [-0.2, -0.15) is 0 Å². The lowest BCUT2D eigenvalue weighted by Gasteiger charge is -2.09. The van der Waals surface area contributed by atoms with E-state index >= 15 is 0 Å². The summed E-state index contributed by atoms with van der Waals surface area (Å²) in [5, 5.41) is 9.07. The molecule has 0 aromatic carbocycles. The summed E-state index contributed by atoms with van der Waals surface area (Å²) >= 11 is 3.42.